The van der Waals surface area contributed by atoms with Crippen LogP contribution in [0.3, 0.4) is 0 Å². The van der Waals surface area contributed by atoms with Gasteiger partial charge in [-0.3, -0.25) is 0 Å². The Morgan fingerprint density at radius 2 is 1.70 bits per heavy atom. The molecule has 4 nitrogen and oxygen atoms in total. The summed E-state index contributed by atoms with van der Waals surface area (Å²) < 4.78 is 5.22. The molecule has 1 heterocycles. The first-order valence-electron chi connectivity index (χ1n) is 11.2. The van der Waals surface area contributed by atoms with E-state index in [-0.39, 0.29) is 11.9 Å². The molecule has 0 bridgehead atoms. The molecule has 5 heteroatoms. The van der Waals surface area contributed by atoms with Gasteiger partial charge in [-0.2, -0.15) is 0 Å². The molecule has 0 atom stereocenters. The van der Waals surface area contributed by atoms with Crippen LogP contribution in [-0.4, -0.2) is 37.0 Å². The fourth-order valence-electron chi connectivity index (χ4n) is 4.69. The Kier molecular flexibility index (Phi) is 8.04. The summed E-state index contributed by atoms with van der Waals surface area (Å²) in [4.78, 5) is 25.7. The minimum absolute atomic E-state index is 0.0472. The SMILES string of the molecule is CCOC(=O)c1cccc(CC)c1NC(=O)C[PH]1(Cc2ccccc2)CCCCC1. The van der Waals surface area contributed by atoms with Gasteiger partial charge in [0.1, 0.15) is 0 Å². The molecule has 0 aliphatic carbocycles. The molecule has 1 amide bonds. The number of hydrogen-bond acceptors (Lipinski definition) is 3. The normalized spacial score (nSPS) is 16.5. The Morgan fingerprint density at radius 1 is 0.967 bits per heavy atom. The zero-order valence-electron chi connectivity index (χ0n) is 18.2. The molecule has 1 N–H and O–H groups in total. The first kappa shape index (κ1) is 22.5. The number of anilines is 1. The van der Waals surface area contributed by atoms with E-state index in [1.54, 1.807) is 13.0 Å². The molecule has 2 aromatic rings. The Bertz CT molecular complexity index is 860. The molecular weight excluding hydrogens is 393 g/mol. The summed E-state index contributed by atoms with van der Waals surface area (Å²) in [6.45, 7) is 4.14. The van der Waals surface area contributed by atoms with E-state index in [0.29, 0.717) is 24.0 Å². The number of carbonyl (C=O) groups excluding carboxylic acids is 2. The Hall–Kier alpha value is -2.19. The molecule has 0 spiro atoms. The average Bonchev–Trinajstić information content (AvgIpc) is 2.75. The number of ether oxygens (including phenoxy) is 1. The number of para-hydroxylation sites is 1. The van der Waals surface area contributed by atoms with Crippen LogP contribution in [0.15, 0.2) is 48.5 Å². The van der Waals surface area contributed by atoms with Crippen LogP contribution in [0.5, 0.6) is 0 Å². The fourth-order valence-corrected chi connectivity index (χ4v) is 9.65. The summed E-state index contributed by atoms with van der Waals surface area (Å²) in [5, 5.41) is 3.12. The van der Waals surface area contributed by atoms with E-state index in [9.17, 15) is 9.59 Å². The van der Waals surface area contributed by atoms with Crippen molar-refractivity contribution in [1.29, 1.82) is 0 Å². The predicted octanol–water partition coefficient (Wildman–Crippen LogP) is 5.50. The van der Waals surface area contributed by atoms with Crippen molar-refractivity contribution in [3.63, 3.8) is 0 Å². The van der Waals surface area contributed by atoms with Gasteiger partial charge < -0.3 is 0 Å². The monoisotopic (exact) mass is 427 g/mol. The van der Waals surface area contributed by atoms with E-state index in [2.05, 4.69) is 29.6 Å². The summed E-state index contributed by atoms with van der Waals surface area (Å²) in [5.74, 6) is -0.331. The number of hydrogen-bond donors (Lipinski definition) is 1. The molecule has 2 aromatic carbocycles. The van der Waals surface area contributed by atoms with Crippen molar-refractivity contribution in [3.05, 3.63) is 65.2 Å². The minimum atomic E-state index is -1.76. The Morgan fingerprint density at radius 3 is 2.37 bits per heavy atom. The Labute approximate surface area is 180 Å². The average molecular weight is 428 g/mol. The van der Waals surface area contributed by atoms with Crippen LogP contribution in [0.25, 0.3) is 0 Å². The fraction of sp³-hybridized carbons (Fsp3) is 0.440. The van der Waals surface area contributed by atoms with Crippen molar-refractivity contribution in [2.24, 2.45) is 0 Å². The van der Waals surface area contributed by atoms with Gasteiger partial charge in [-0.05, 0) is 0 Å². The third-order valence-corrected chi connectivity index (χ3v) is 11.2. The molecular formula is C25H34NO3P. The standard InChI is InChI=1S/C25H34NO3P/c1-3-21-14-11-15-22(25(28)29-4-2)24(21)26-23(27)19-30(16-9-6-10-17-30)18-20-12-7-5-8-13-20/h5,7-8,11-15,30H,3-4,6,9-10,16-19H2,1-2H3,(H,26,27). The van der Waals surface area contributed by atoms with Crippen molar-refractivity contribution >= 4 is 24.8 Å². The second-order valence-corrected chi connectivity index (χ2v) is 13.1. The van der Waals surface area contributed by atoms with Gasteiger partial charge >= 0.3 is 180 Å². The summed E-state index contributed by atoms with van der Waals surface area (Å²) in [6.07, 6.45) is 8.55. The molecule has 0 unspecified atom stereocenters. The first-order chi connectivity index (χ1) is 14.6. The van der Waals surface area contributed by atoms with Crippen molar-refractivity contribution in [2.45, 2.75) is 45.7 Å². The summed E-state index contributed by atoms with van der Waals surface area (Å²) in [7, 11) is -1.76. The van der Waals surface area contributed by atoms with E-state index in [4.69, 9.17) is 4.74 Å². The van der Waals surface area contributed by atoms with Crippen LogP contribution < -0.4 is 5.32 Å². The molecule has 1 aliphatic rings. The third-order valence-electron chi connectivity index (χ3n) is 6.16. The molecule has 0 aromatic heterocycles. The van der Waals surface area contributed by atoms with Crippen LogP contribution in [0.4, 0.5) is 5.69 Å². The summed E-state index contributed by atoms with van der Waals surface area (Å²) in [6, 6.07) is 16.2. The summed E-state index contributed by atoms with van der Waals surface area (Å²) in [5.41, 5.74) is 3.39. The quantitative estimate of drug-likeness (QED) is 0.447. The molecule has 0 saturated carbocycles. The number of rotatable bonds is 8. The number of carbonyl (C=O) groups is 2. The van der Waals surface area contributed by atoms with Gasteiger partial charge in [0.25, 0.3) is 0 Å². The molecule has 30 heavy (non-hydrogen) atoms. The van der Waals surface area contributed by atoms with E-state index >= 15 is 0 Å². The van der Waals surface area contributed by atoms with Crippen LogP contribution in [0, 0.1) is 0 Å². The third kappa shape index (κ3) is 5.70. The number of nitrogens with one attached hydrogen (secondary N) is 1. The van der Waals surface area contributed by atoms with Gasteiger partial charge in [-0.25, -0.2) is 0 Å². The number of esters is 1. The molecule has 1 saturated heterocycles. The van der Waals surface area contributed by atoms with E-state index in [1.165, 1.54) is 37.1 Å². The van der Waals surface area contributed by atoms with Gasteiger partial charge in [0.05, 0.1) is 0 Å². The van der Waals surface area contributed by atoms with Crippen molar-refractivity contribution in [2.75, 3.05) is 30.4 Å². The van der Waals surface area contributed by atoms with Crippen molar-refractivity contribution in [1.82, 2.24) is 0 Å². The molecule has 1 fully saturated rings. The molecule has 0 radical (unpaired) electrons. The van der Waals surface area contributed by atoms with Gasteiger partial charge in [0.2, 0.25) is 0 Å². The number of benzene rings is 2. The number of amides is 1. The molecule has 162 valence electrons. The zero-order chi connectivity index (χ0) is 21.4. The van der Waals surface area contributed by atoms with E-state index in [0.717, 1.165) is 18.1 Å². The van der Waals surface area contributed by atoms with Crippen LogP contribution in [0.2, 0.25) is 0 Å². The van der Waals surface area contributed by atoms with Crippen molar-refractivity contribution in [3.8, 4) is 0 Å². The van der Waals surface area contributed by atoms with Gasteiger partial charge in [-0.1, -0.05) is 0 Å². The second kappa shape index (κ2) is 10.7. The van der Waals surface area contributed by atoms with Gasteiger partial charge in [0.15, 0.2) is 0 Å². The summed E-state index contributed by atoms with van der Waals surface area (Å²) >= 11 is 0. The second-order valence-electron chi connectivity index (χ2n) is 8.36. The number of aryl methyl sites for hydroxylation is 1. The molecule has 1 aliphatic heterocycles. The Balaban J connectivity index is 1.81. The van der Waals surface area contributed by atoms with E-state index in [1.807, 2.05) is 25.1 Å². The molecule has 3 rings (SSSR count). The predicted molar refractivity (Wildman–Crippen MR) is 127 cm³/mol. The van der Waals surface area contributed by atoms with Crippen LogP contribution >= 0.6 is 7.26 Å². The first-order valence-corrected chi connectivity index (χ1v) is 14.0. The van der Waals surface area contributed by atoms with Gasteiger partial charge in [0, 0.05) is 0 Å². The van der Waals surface area contributed by atoms with Crippen LogP contribution in [0.1, 0.15) is 54.6 Å². The zero-order valence-corrected chi connectivity index (χ0v) is 19.2. The maximum absolute atomic E-state index is 13.2. The van der Waals surface area contributed by atoms with Crippen molar-refractivity contribution < 1.29 is 14.3 Å². The van der Waals surface area contributed by atoms with Crippen LogP contribution in [-0.2, 0) is 22.1 Å². The van der Waals surface area contributed by atoms with E-state index < -0.39 is 7.26 Å². The topological polar surface area (TPSA) is 55.4 Å². The maximum atomic E-state index is 13.2. The van der Waals surface area contributed by atoms with Gasteiger partial charge in [-0.15, -0.1) is 0 Å².